The fourth-order valence-corrected chi connectivity index (χ4v) is 4.52. The Morgan fingerprint density at radius 1 is 0.971 bits per heavy atom. The minimum atomic E-state index is -0.744. The van der Waals surface area contributed by atoms with E-state index in [0.29, 0.717) is 62.1 Å². The van der Waals surface area contributed by atoms with Crippen molar-refractivity contribution < 1.29 is 28.9 Å². The predicted octanol–water partition coefficient (Wildman–Crippen LogP) is 3.24. The average Bonchev–Trinajstić information content (AvgIpc) is 3.14. The number of hydrogen-bond acceptors (Lipinski definition) is 7. The van der Waals surface area contributed by atoms with E-state index in [0.717, 1.165) is 13.1 Å². The van der Waals surface area contributed by atoms with Crippen LogP contribution >= 0.6 is 0 Å². The molecule has 0 spiro atoms. The lowest BCUT2D eigenvalue weighted by atomic mass is 9.95. The lowest BCUT2D eigenvalue weighted by molar-refractivity contribution is -0.140. The summed E-state index contributed by atoms with van der Waals surface area (Å²) in [7, 11) is 0. The molecule has 0 unspecified atom stereocenters. The van der Waals surface area contributed by atoms with E-state index in [1.54, 1.807) is 41.3 Å². The first-order chi connectivity index (χ1) is 17.0. The van der Waals surface area contributed by atoms with Crippen molar-refractivity contribution in [2.24, 2.45) is 0 Å². The van der Waals surface area contributed by atoms with E-state index < -0.39 is 17.7 Å². The van der Waals surface area contributed by atoms with E-state index in [4.69, 9.17) is 14.2 Å². The molecule has 186 valence electrons. The zero-order valence-corrected chi connectivity index (χ0v) is 20.2. The summed E-state index contributed by atoms with van der Waals surface area (Å²) in [6.07, 6.45) is 0. The number of likely N-dealkylation sites (tertiary alicyclic amines) is 1. The number of nitrogens with zero attached hydrogens (tertiary/aromatic N) is 2. The van der Waals surface area contributed by atoms with E-state index in [1.165, 1.54) is 0 Å². The first kappa shape index (κ1) is 24.8. The number of amides is 1. The third-order valence-electron chi connectivity index (χ3n) is 6.23. The van der Waals surface area contributed by atoms with Crippen LogP contribution in [0.5, 0.6) is 11.5 Å². The molecule has 2 aromatic carbocycles. The van der Waals surface area contributed by atoms with Crippen LogP contribution in [0.15, 0.2) is 54.1 Å². The third kappa shape index (κ3) is 5.33. The summed E-state index contributed by atoms with van der Waals surface area (Å²) >= 11 is 0. The zero-order valence-electron chi connectivity index (χ0n) is 20.2. The molecular weight excluding hydrogens is 448 g/mol. The standard InChI is InChI=1S/C27H32N2O6/c1-3-34-21-11-10-20(18-22(21)35-4-2)24-23(25(30)19-8-6-5-7-9-19)26(31)27(32)29(24)13-12-28-14-16-33-17-15-28/h5-11,18,24,30H,3-4,12-17H2,1-2H3/t24-/m0/s1. The molecule has 2 aliphatic heterocycles. The van der Waals surface area contributed by atoms with Gasteiger partial charge in [0.1, 0.15) is 5.76 Å². The summed E-state index contributed by atoms with van der Waals surface area (Å²) in [5.74, 6) is -0.371. The number of hydrogen-bond donors (Lipinski definition) is 1. The second-order valence-electron chi connectivity index (χ2n) is 8.38. The second-order valence-corrected chi connectivity index (χ2v) is 8.38. The van der Waals surface area contributed by atoms with Gasteiger partial charge in [-0.1, -0.05) is 36.4 Å². The van der Waals surface area contributed by atoms with E-state index in [2.05, 4.69) is 4.90 Å². The fraction of sp³-hybridized carbons (Fsp3) is 0.407. The van der Waals surface area contributed by atoms with Crippen LogP contribution in [-0.2, 0) is 14.3 Å². The first-order valence-electron chi connectivity index (χ1n) is 12.1. The molecule has 2 fully saturated rings. The normalized spacial score (nSPS) is 20.3. The van der Waals surface area contributed by atoms with Crippen molar-refractivity contribution in [3.63, 3.8) is 0 Å². The van der Waals surface area contributed by atoms with E-state index in [1.807, 2.05) is 26.0 Å². The maximum atomic E-state index is 13.2. The Balaban J connectivity index is 1.77. The van der Waals surface area contributed by atoms with Gasteiger partial charge in [0.05, 0.1) is 38.0 Å². The molecule has 8 heteroatoms. The monoisotopic (exact) mass is 480 g/mol. The molecule has 0 saturated carbocycles. The maximum absolute atomic E-state index is 13.2. The van der Waals surface area contributed by atoms with Gasteiger partial charge in [-0.3, -0.25) is 14.5 Å². The van der Waals surface area contributed by atoms with Gasteiger partial charge in [0.2, 0.25) is 0 Å². The molecule has 0 bridgehead atoms. The van der Waals surface area contributed by atoms with E-state index >= 15 is 0 Å². The number of aliphatic hydroxyl groups is 1. The lowest BCUT2D eigenvalue weighted by Crippen LogP contribution is -2.42. The molecule has 35 heavy (non-hydrogen) atoms. The number of carbonyl (C=O) groups excluding carboxylic acids is 2. The third-order valence-corrected chi connectivity index (χ3v) is 6.23. The Morgan fingerprint density at radius 2 is 1.66 bits per heavy atom. The van der Waals surface area contributed by atoms with Crippen LogP contribution in [0.4, 0.5) is 0 Å². The molecule has 0 aromatic heterocycles. The highest BCUT2D eigenvalue weighted by Gasteiger charge is 2.46. The Morgan fingerprint density at radius 3 is 2.34 bits per heavy atom. The minimum absolute atomic E-state index is 0.0785. The summed E-state index contributed by atoms with van der Waals surface area (Å²) in [6, 6.07) is 13.5. The number of ether oxygens (including phenoxy) is 3. The van der Waals surface area contributed by atoms with Gasteiger partial charge in [-0.25, -0.2) is 0 Å². The number of rotatable bonds is 9. The summed E-state index contributed by atoms with van der Waals surface area (Å²) in [5, 5.41) is 11.2. The minimum Gasteiger partial charge on any atom is -0.507 e. The highest BCUT2D eigenvalue weighted by Crippen LogP contribution is 2.42. The Bertz CT molecular complexity index is 1080. The number of Topliss-reactive ketones (excluding diaryl/α,β-unsaturated/α-hetero) is 1. The molecule has 1 atom stereocenters. The van der Waals surface area contributed by atoms with E-state index in [-0.39, 0.29) is 11.3 Å². The SMILES string of the molecule is CCOc1ccc([C@H]2C(=C(O)c3ccccc3)C(=O)C(=O)N2CCN2CCOCC2)cc1OCC. The van der Waals surface area contributed by atoms with Gasteiger partial charge in [0, 0.05) is 31.7 Å². The first-order valence-corrected chi connectivity index (χ1v) is 12.1. The fourth-order valence-electron chi connectivity index (χ4n) is 4.52. The van der Waals surface area contributed by atoms with E-state index in [9.17, 15) is 14.7 Å². The quantitative estimate of drug-likeness (QED) is 0.335. The van der Waals surface area contributed by atoms with Crippen LogP contribution in [-0.4, -0.2) is 79.2 Å². The van der Waals surface area contributed by atoms with Gasteiger partial charge >= 0.3 is 0 Å². The van der Waals surface area contributed by atoms with Crippen molar-refractivity contribution in [3.05, 3.63) is 65.2 Å². The topological polar surface area (TPSA) is 88.5 Å². The molecule has 2 aromatic rings. The van der Waals surface area contributed by atoms with Gasteiger partial charge in [-0.15, -0.1) is 0 Å². The molecule has 2 saturated heterocycles. The van der Waals surface area contributed by atoms with Crippen molar-refractivity contribution in [1.82, 2.24) is 9.80 Å². The van der Waals surface area contributed by atoms with Gasteiger partial charge < -0.3 is 24.2 Å². The van der Waals surface area contributed by atoms with Gasteiger partial charge in [-0.2, -0.15) is 0 Å². The molecule has 1 amide bonds. The maximum Gasteiger partial charge on any atom is 0.295 e. The van der Waals surface area contributed by atoms with Crippen LogP contribution < -0.4 is 9.47 Å². The number of aliphatic hydroxyl groups excluding tert-OH is 1. The van der Waals surface area contributed by atoms with Crippen molar-refractivity contribution in [2.45, 2.75) is 19.9 Å². The summed E-state index contributed by atoms with van der Waals surface area (Å²) < 4.78 is 16.9. The summed E-state index contributed by atoms with van der Waals surface area (Å²) in [4.78, 5) is 30.2. The van der Waals surface area contributed by atoms with Crippen molar-refractivity contribution in [1.29, 1.82) is 0 Å². The highest BCUT2D eigenvalue weighted by molar-refractivity contribution is 6.46. The smallest absolute Gasteiger partial charge is 0.295 e. The molecule has 8 nitrogen and oxygen atoms in total. The van der Waals surface area contributed by atoms with Crippen LogP contribution in [0.1, 0.15) is 31.0 Å². The number of carbonyl (C=O) groups is 2. The van der Waals surface area contributed by atoms with Crippen LogP contribution in [0, 0.1) is 0 Å². The van der Waals surface area contributed by atoms with Crippen molar-refractivity contribution in [2.75, 3.05) is 52.6 Å². The second kappa shape index (κ2) is 11.4. The largest absolute Gasteiger partial charge is 0.507 e. The van der Waals surface area contributed by atoms with Crippen molar-refractivity contribution in [3.8, 4) is 11.5 Å². The molecule has 2 aliphatic rings. The molecule has 0 aliphatic carbocycles. The molecule has 1 N–H and O–H groups in total. The lowest BCUT2D eigenvalue weighted by Gasteiger charge is -2.31. The predicted molar refractivity (Wildman–Crippen MR) is 131 cm³/mol. The number of ketones is 1. The average molecular weight is 481 g/mol. The highest BCUT2D eigenvalue weighted by atomic mass is 16.5. The Labute approximate surface area is 205 Å². The van der Waals surface area contributed by atoms with Crippen LogP contribution in [0.3, 0.4) is 0 Å². The van der Waals surface area contributed by atoms with Crippen LogP contribution in [0.2, 0.25) is 0 Å². The van der Waals surface area contributed by atoms with Gasteiger partial charge in [-0.05, 0) is 31.5 Å². The molecular formula is C27H32N2O6. The Hall–Kier alpha value is -3.36. The molecule has 4 rings (SSSR count). The van der Waals surface area contributed by atoms with Gasteiger partial charge in [0.15, 0.2) is 11.5 Å². The molecule has 2 heterocycles. The van der Waals surface area contributed by atoms with Crippen molar-refractivity contribution >= 4 is 17.4 Å². The zero-order chi connectivity index (χ0) is 24.8. The van der Waals surface area contributed by atoms with Gasteiger partial charge in [0.25, 0.3) is 11.7 Å². The Kier molecular flexibility index (Phi) is 8.05. The number of morpholine rings is 1. The summed E-state index contributed by atoms with van der Waals surface area (Å²) in [6.45, 7) is 8.48. The number of benzene rings is 2. The molecule has 0 radical (unpaired) electrons. The van der Waals surface area contributed by atoms with Crippen LogP contribution in [0.25, 0.3) is 5.76 Å². The summed E-state index contributed by atoms with van der Waals surface area (Å²) in [5.41, 5.74) is 1.24.